The molecule has 4 atom stereocenters. The summed E-state index contributed by atoms with van der Waals surface area (Å²) in [7, 11) is 1.62. The SMILES string of the molecule is CCOc1nc(NC(c2ccccc2)(c2ccccc2)c2ccc(OC)cc2)nc2c1ncn2[C@@H]1O[C@@](CO)(CN=[N+]=[N-])[C@@H](C)[C@H]1F. The lowest BCUT2D eigenvalue weighted by molar-refractivity contribution is -0.105. The zero-order valence-corrected chi connectivity index (χ0v) is 26.2. The molecule has 2 aromatic heterocycles. The van der Waals surface area contributed by atoms with Gasteiger partial charge in [0, 0.05) is 10.8 Å². The third-order valence-corrected chi connectivity index (χ3v) is 8.79. The summed E-state index contributed by atoms with van der Waals surface area (Å²) in [5, 5.41) is 17.5. The predicted octanol–water partition coefficient (Wildman–Crippen LogP) is 6.18. The molecule has 0 aliphatic carbocycles. The van der Waals surface area contributed by atoms with Crippen LogP contribution in [0.4, 0.5) is 10.3 Å². The van der Waals surface area contributed by atoms with Gasteiger partial charge in [-0.25, -0.2) is 9.37 Å². The number of halogens is 1. The molecule has 0 unspecified atom stereocenters. The quantitative estimate of drug-likeness (QED) is 0.0711. The van der Waals surface area contributed by atoms with Crippen LogP contribution < -0.4 is 14.8 Å². The molecule has 13 heteroatoms. The van der Waals surface area contributed by atoms with Gasteiger partial charge in [0.15, 0.2) is 23.6 Å². The zero-order valence-electron chi connectivity index (χ0n) is 26.2. The van der Waals surface area contributed by atoms with Crippen molar-refractivity contribution in [1.82, 2.24) is 19.5 Å². The highest BCUT2D eigenvalue weighted by atomic mass is 19.1. The number of alkyl halides is 1. The molecule has 0 radical (unpaired) electrons. The maximum atomic E-state index is 16.0. The van der Waals surface area contributed by atoms with Crippen molar-refractivity contribution in [3.63, 3.8) is 0 Å². The van der Waals surface area contributed by atoms with E-state index in [1.807, 2.05) is 91.9 Å². The fraction of sp³-hybridized carbons (Fsp3) is 0.324. The van der Waals surface area contributed by atoms with Gasteiger partial charge in [0.05, 0.1) is 33.2 Å². The van der Waals surface area contributed by atoms with Gasteiger partial charge >= 0.3 is 0 Å². The molecule has 1 fully saturated rings. The number of anilines is 1. The molecule has 2 N–H and O–H groups in total. The Morgan fingerprint density at radius 1 is 1.04 bits per heavy atom. The summed E-state index contributed by atoms with van der Waals surface area (Å²) in [5.41, 5.74) is 9.78. The van der Waals surface area contributed by atoms with Crippen LogP contribution >= 0.6 is 0 Å². The van der Waals surface area contributed by atoms with Crippen LogP contribution in [0.5, 0.6) is 11.6 Å². The number of rotatable bonds is 12. The first-order chi connectivity index (χ1) is 22.9. The molecule has 1 saturated heterocycles. The van der Waals surface area contributed by atoms with E-state index in [1.54, 1.807) is 14.0 Å². The van der Waals surface area contributed by atoms with E-state index in [4.69, 9.17) is 29.7 Å². The largest absolute Gasteiger partial charge is 0.497 e. The number of hydrogen-bond donors (Lipinski definition) is 2. The third-order valence-electron chi connectivity index (χ3n) is 8.79. The molecule has 1 aliphatic rings. The molecule has 6 rings (SSSR count). The second-order valence-corrected chi connectivity index (χ2v) is 11.3. The lowest BCUT2D eigenvalue weighted by Gasteiger charge is -2.37. The number of imidazole rings is 1. The molecule has 3 heterocycles. The normalized spacial score (nSPS) is 20.9. The van der Waals surface area contributed by atoms with Gasteiger partial charge in [-0.05, 0) is 41.3 Å². The maximum absolute atomic E-state index is 16.0. The molecule has 0 spiro atoms. The second kappa shape index (κ2) is 13.2. The molecule has 1 aliphatic heterocycles. The van der Waals surface area contributed by atoms with Gasteiger partial charge in [0.2, 0.25) is 11.8 Å². The van der Waals surface area contributed by atoms with E-state index in [0.717, 1.165) is 16.7 Å². The molecule has 47 heavy (non-hydrogen) atoms. The fourth-order valence-electron chi connectivity index (χ4n) is 6.20. The van der Waals surface area contributed by atoms with Crippen LogP contribution in [0.3, 0.4) is 0 Å². The molecular formula is C34H35FN8O4. The number of fused-ring (bicyclic) bond motifs is 1. The number of benzene rings is 3. The Hall–Kier alpha value is -5.23. The van der Waals surface area contributed by atoms with Crippen LogP contribution in [0.1, 0.15) is 36.8 Å². The number of methoxy groups -OCH3 is 1. The highest BCUT2D eigenvalue weighted by Crippen LogP contribution is 2.45. The fourth-order valence-corrected chi connectivity index (χ4v) is 6.20. The van der Waals surface area contributed by atoms with Crippen molar-refractivity contribution in [3.05, 3.63) is 118 Å². The van der Waals surface area contributed by atoms with Gasteiger partial charge in [-0.15, -0.1) is 0 Å². The summed E-state index contributed by atoms with van der Waals surface area (Å²) in [4.78, 5) is 16.9. The Kier molecular flexibility index (Phi) is 8.95. The van der Waals surface area contributed by atoms with Gasteiger partial charge in [0.1, 0.15) is 16.9 Å². The number of aromatic nitrogens is 4. The molecule has 3 aromatic carbocycles. The summed E-state index contributed by atoms with van der Waals surface area (Å²) < 4.78 is 35.0. The molecule has 12 nitrogen and oxygen atoms in total. The van der Waals surface area contributed by atoms with Crippen molar-refractivity contribution in [1.29, 1.82) is 0 Å². The van der Waals surface area contributed by atoms with Crippen molar-refractivity contribution in [2.75, 3.05) is 32.2 Å². The Labute approximate surface area is 270 Å². The van der Waals surface area contributed by atoms with Crippen molar-refractivity contribution in [2.45, 2.75) is 37.4 Å². The Bertz CT molecular complexity index is 1830. The first kappa shape index (κ1) is 31.7. The third kappa shape index (κ3) is 5.58. The Morgan fingerprint density at radius 3 is 2.26 bits per heavy atom. The average Bonchev–Trinajstić information content (AvgIpc) is 3.65. The minimum atomic E-state index is -1.58. The molecule has 5 aromatic rings. The predicted molar refractivity (Wildman–Crippen MR) is 174 cm³/mol. The van der Waals surface area contributed by atoms with Crippen LogP contribution in [0.25, 0.3) is 21.6 Å². The number of azide groups is 1. The van der Waals surface area contributed by atoms with Crippen molar-refractivity contribution in [2.24, 2.45) is 11.0 Å². The van der Waals surface area contributed by atoms with Crippen LogP contribution in [0.2, 0.25) is 0 Å². The minimum Gasteiger partial charge on any atom is -0.497 e. The molecule has 0 amide bonds. The number of hydrogen-bond acceptors (Lipinski definition) is 9. The van der Waals surface area contributed by atoms with Crippen LogP contribution in [0.15, 0.2) is 96.4 Å². The Morgan fingerprint density at radius 2 is 1.68 bits per heavy atom. The first-order valence-corrected chi connectivity index (χ1v) is 15.3. The Balaban J connectivity index is 1.54. The number of nitrogens with zero attached hydrogens (tertiary/aromatic N) is 7. The van der Waals surface area contributed by atoms with E-state index in [1.165, 1.54) is 10.9 Å². The average molecular weight is 639 g/mol. The van der Waals surface area contributed by atoms with Gasteiger partial charge in [0.25, 0.3) is 0 Å². The molecule has 0 bridgehead atoms. The second-order valence-electron chi connectivity index (χ2n) is 11.3. The smallest absolute Gasteiger partial charge is 0.247 e. The van der Waals surface area contributed by atoms with E-state index in [-0.39, 0.29) is 24.0 Å². The summed E-state index contributed by atoms with van der Waals surface area (Å²) in [6.45, 7) is 2.96. The number of aliphatic hydroxyl groups is 1. The molecule has 0 saturated carbocycles. The number of ether oxygens (including phenoxy) is 3. The minimum absolute atomic E-state index is 0.190. The number of nitrogens with one attached hydrogen (secondary N) is 1. The van der Waals surface area contributed by atoms with Gasteiger partial charge in [-0.2, -0.15) is 9.97 Å². The monoisotopic (exact) mass is 638 g/mol. The van der Waals surface area contributed by atoms with E-state index in [9.17, 15) is 5.11 Å². The van der Waals surface area contributed by atoms with Crippen LogP contribution in [0, 0.1) is 5.92 Å². The first-order valence-electron chi connectivity index (χ1n) is 15.3. The summed E-state index contributed by atoms with van der Waals surface area (Å²) >= 11 is 0. The lowest BCUT2D eigenvalue weighted by atomic mass is 9.77. The summed E-state index contributed by atoms with van der Waals surface area (Å²) in [6.07, 6.45) is -1.38. The van der Waals surface area contributed by atoms with Crippen LogP contribution in [-0.2, 0) is 10.3 Å². The van der Waals surface area contributed by atoms with Gasteiger partial charge < -0.3 is 24.6 Å². The van der Waals surface area contributed by atoms with E-state index in [2.05, 4.69) is 20.3 Å². The summed E-state index contributed by atoms with van der Waals surface area (Å²) in [6, 6.07) is 27.6. The maximum Gasteiger partial charge on any atom is 0.247 e. The highest BCUT2D eigenvalue weighted by Gasteiger charge is 2.54. The van der Waals surface area contributed by atoms with Crippen molar-refractivity contribution in [3.8, 4) is 11.6 Å². The van der Waals surface area contributed by atoms with Gasteiger partial charge in [-0.3, -0.25) is 4.57 Å². The van der Waals surface area contributed by atoms with E-state index < -0.39 is 36.1 Å². The zero-order chi connectivity index (χ0) is 33.0. The highest BCUT2D eigenvalue weighted by molar-refractivity contribution is 5.78. The lowest BCUT2D eigenvalue weighted by Crippen LogP contribution is -2.42. The van der Waals surface area contributed by atoms with E-state index >= 15 is 4.39 Å². The standard InChI is InChI=1S/C34H35FN8O4/c1-4-46-30-28-29(43(21-37-28)31-27(35)22(2)33(20-44,47-31)19-38-42-36)39-32(40-30)41-34(23-11-7-5-8-12-23,24-13-9-6-10-14-24)25-15-17-26(45-3)18-16-25/h5-18,21-22,27,31,44H,4,19-20H2,1-3H3,(H,39,40,41)/t22-,27+,31+,33+/m0/s1. The number of aliphatic hydroxyl groups excluding tert-OH is 1. The van der Waals surface area contributed by atoms with Crippen molar-refractivity contribution >= 4 is 17.1 Å². The topological polar surface area (TPSA) is 152 Å². The van der Waals surface area contributed by atoms with Gasteiger partial charge in [-0.1, -0.05) is 84.8 Å². The summed E-state index contributed by atoms with van der Waals surface area (Å²) in [5.74, 6) is 0.294. The van der Waals surface area contributed by atoms with Crippen LogP contribution in [-0.4, -0.2) is 63.3 Å². The molecule has 242 valence electrons. The molecular weight excluding hydrogens is 603 g/mol. The van der Waals surface area contributed by atoms with E-state index in [0.29, 0.717) is 17.9 Å². The van der Waals surface area contributed by atoms with Crippen molar-refractivity contribution < 1.29 is 23.7 Å².